The Morgan fingerprint density at radius 2 is 1.85 bits per heavy atom. The molecule has 2 aromatic carbocycles. The number of nitrogens with two attached hydrogens (primary N) is 1. The molecule has 0 saturated heterocycles. The van der Waals surface area contributed by atoms with Crippen molar-refractivity contribution in [1.82, 2.24) is 5.32 Å². The van der Waals surface area contributed by atoms with Crippen LogP contribution in [0.25, 0.3) is 0 Å². The zero-order chi connectivity index (χ0) is 19.6. The highest BCUT2D eigenvalue weighted by atomic mass is 16.4. The minimum absolute atomic E-state index is 0.225. The lowest BCUT2D eigenvalue weighted by Gasteiger charge is -2.13. The monoisotopic (exact) mass is 370 g/mol. The molecule has 0 aromatic heterocycles. The van der Waals surface area contributed by atoms with Crippen molar-refractivity contribution in [3.8, 4) is 0 Å². The topological polar surface area (TPSA) is 95.6 Å². The molecule has 0 aliphatic carbocycles. The molecule has 0 saturated carbocycles. The second kappa shape index (κ2) is 10.7. The molecule has 0 bridgehead atoms. The van der Waals surface area contributed by atoms with Crippen LogP contribution in [0.5, 0.6) is 0 Å². The summed E-state index contributed by atoms with van der Waals surface area (Å²) < 4.78 is 0. The fourth-order valence-corrected chi connectivity index (χ4v) is 3.21. The molecular weight excluding hydrogens is 340 g/mol. The molecule has 0 amide bonds. The third-order valence-electron chi connectivity index (χ3n) is 4.74. The Balaban J connectivity index is 1.70. The van der Waals surface area contributed by atoms with E-state index < -0.39 is 12.1 Å². The number of hydrogen-bond acceptors (Lipinski definition) is 4. The Hall–Kier alpha value is -2.37. The number of hydrogen-bond donors (Lipinski definition) is 4. The van der Waals surface area contributed by atoms with Gasteiger partial charge in [0.25, 0.3) is 0 Å². The van der Waals surface area contributed by atoms with Crippen LogP contribution in [0.3, 0.4) is 0 Å². The lowest BCUT2D eigenvalue weighted by Crippen LogP contribution is -2.22. The number of benzene rings is 2. The summed E-state index contributed by atoms with van der Waals surface area (Å²) in [6.07, 6.45) is 4.57. The number of aromatic carboxylic acids is 1. The summed E-state index contributed by atoms with van der Waals surface area (Å²) in [6.45, 7) is 3.45. The van der Waals surface area contributed by atoms with Gasteiger partial charge in [-0.3, -0.25) is 0 Å². The number of nitrogens with one attached hydrogen (secondary N) is 1. The Morgan fingerprint density at radius 1 is 1.11 bits per heavy atom. The van der Waals surface area contributed by atoms with E-state index in [1.54, 1.807) is 12.1 Å². The maximum Gasteiger partial charge on any atom is 0.335 e. The van der Waals surface area contributed by atoms with Crippen LogP contribution < -0.4 is 11.1 Å². The van der Waals surface area contributed by atoms with Gasteiger partial charge < -0.3 is 21.3 Å². The Bertz CT molecular complexity index is 729. The van der Waals surface area contributed by atoms with E-state index in [1.807, 2.05) is 12.1 Å². The van der Waals surface area contributed by atoms with Crippen LogP contribution in [0.4, 0.5) is 5.69 Å². The average molecular weight is 370 g/mol. The van der Waals surface area contributed by atoms with Gasteiger partial charge in [0.05, 0.1) is 11.7 Å². The number of unbranched alkanes of at least 4 members (excludes halogenated alkanes) is 1. The van der Waals surface area contributed by atoms with Crippen LogP contribution in [-0.2, 0) is 12.8 Å². The highest BCUT2D eigenvalue weighted by Gasteiger charge is 2.09. The van der Waals surface area contributed by atoms with Crippen molar-refractivity contribution in [2.24, 2.45) is 0 Å². The molecule has 5 heteroatoms. The van der Waals surface area contributed by atoms with Crippen molar-refractivity contribution in [1.29, 1.82) is 0 Å². The molecule has 1 atom stereocenters. The first kappa shape index (κ1) is 20.9. The molecule has 0 radical (unpaired) electrons. The van der Waals surface area contributed by atoms with Gasteiger partial charge >= 0.3 is 5.97 Å². The predicted octanol–water partition coefficient (Wildman–Crippen LogP) is 3.57. The van der Waals surface area contributed by atoms with Gasteiger partial charge in [-0.25, -0.2) is 4.79 Å². The van der Waals surface area contributed by atoms with Crippen molar-refractivity contribution in [3.63, 3.8) is 0 Å². The fourth-order valence-electron chi connectivity index (χ4n) is 3.21. The summed E-state index contributed by atoms with van der Waals surface area (Å²) in [6, 6.07) is 12.5. The molecule has 2 rings (SSSR count). The van der Waals surface area contributed by atoms with Crippen molar-refractivity contribution in [3.05, 3.63) is 64.7 Å². The summed E-state index contributed by atoms with van der Waals surface area (Å²) in [5.41, 5.74) is 10.6. The lowest BCUT2D eigenvalue weighted by molar-refractivity contribution is 0.0696. The Morgan fingerprint density at radius 3 is 2.52 bits per heavy atom. The van der Waals surface area contributed by atoms with Gasteiger partial charge in [-0.05, 0) is 67.1 Å². The highest BCUT2D eigenvalue weighted by molar-refractivity contribution is 5.87. The second-order valence-corrected chi connectivity index (χ2v) is 6.84. The van der Waals surface area contributed by atoms with Crippen LogP contribution >= 0.6 is 0 Å². The molecule has 0 aliphatic heterocycles. The summed E-state index contributed by atoms with van der Waals surface area (Å²) >= 11 is 0. The Kier molecular flexibility index (Phi) is 8.30. The minimum Gasteiger partial charge on any atom is -0.478 e. The van der Waals surface area contributed by atoms with E-state index >= 15 is 0 Å². The molecule has 0 aliphatic rings. The number of aliphatic hydroxyl groups excluding tert-OH is 1. The van der Waals surface area contributed by atoms with E-state index in [9.17, 15) is 9.90 Å². The lowest BCUT2D eigenvalue weighted by atomic mass is 9.97. The first-order valence-electron chi connectivity index (χ1n) is 9.61. The molecule has 0 spiro atoms. The third-order valence-corrected chi connectivity index (χ3v) is 4.74. The van der Waals surface area contributed by atoms with Gasteiger partial charge in [0.2, 0.25) is 0 Å². The van der Waals surface area contributed by atoms with Gasteiger partial charge in [0, 0.05) is 12.2 Å². The molecule has 5 N–H and O–H groups in total. The van der Waals surface area contributed by atoms with Gasteiger partial charge in [0.1, 0.15) is 0 Å². The van der Waals surface area contributed by atoms with Crippen LogP contribution in [0.15, 0.2) is 42.5 Å². The molecule has 1 unspecified atom stereocenters. The zero-order valence-electron chi connectivity index (χ0n) is 15.9. The molecule has 0 heterocycles. The predicted molar refractivity (Wildman–Crippen MR) is 109 cm³/mol. The van der Waals surface area contributed by atoms with E-state index in [-0.39, 0.29) is 5.56 Å². The third kappa shape index (κ3) is 6.38. The van der Waals surface area contributed by atoms with Crippen LogP contribution in [-0.4, -0.2) is 29.3 Å². The number of carbonyl (C=O) groups is 1. The molecule has 5 nitrogen and oxygen atoms in total. The van der Waals surface area contributed by atoms with E-state index in [0.717, 1.165) is 49.9 Å². The van der Waals surface area contributed by atoms with Gasteiger partial charge in [-0.1, -0.05) is 37.6 Å². The van der Waals surface area contributed by atoms with Crippen molar-refractivity contribution < 1.29 is 15.0 Å². The van der Waals surface area contributed by atoms with Crippen molar-refractivity contribution in [2.75, 3.05) is 18.8 Å². The van der Waals surface area contributed by atoms with Crippen LogP contribution in [0.2, 0.25) is 0 Å². The number of nitrogen functional groups attached to an aromatic ring is 1. The number of rotatable bonds is 11. The molecule has 27 heavy (non-hydrogen) atoms. The number of carboxylic acids is 1. The van der Waals surface area contributed by atoms with E-state index in [4.69, 9.17) is 10.8 Å². The summed E-state index contributed by atoms with van der Waals surface area (Å²) in [5, 5.41) is 22.4. The zero-order valence-corrected chi connectivity index (χ0v) is 15.9. The number of aryl methyl sites for hydroxylation is 1. The smallest absolute Gasteiger partial charge is 0.335 e. The molecule has 146 valence electrons. The quantitative estimate of drug-likeness (QED) is 0.358. The normalized spacial score (nSPS) is 12.1. The maximum absolute atomic E-state index is 10.9. The van der Waals surface area contributed by atoms with Gasteiger partial charge in [-0.2, -0.15) is 0 Å². The molecule has 2 aromatic rings. The van der Waals surface area contributed by atoms with E-state index in [1.165, 1.54) is 23.3 Å². The Labute approximate surface area is 161 Å². The van der Waals surface area contributed by atoms with Crippen molar-refractivity contribution in [2.45, 2.75) is 45.1 Å². The van der Waals surface area contributed by atoms with Crippen LogP contribution in [0.1, 0.15) is 59.3 Å². The van der Waals surface area contributed by atoms with Crippen molar-refractivity contribution >= 4 is 11.7 Å². The molecule has 0 fully saturated rings. The highest BCUT2D eigenvalue weighted by Crippen LogP contribution is 2.20. The number of carboxylic acid groups (broad SMARTS) is 1. The van der Waals surface area contributed by atoms with E-state index in [2.05, 4.69) is 18.3 Å². The fraction of sp³-hybridized carbons (Fsp3) is 0.409. The minimum atomic E-state index is -0.962. The standard InChI is InChI=1S/C22H30N2O3/c1-2-6-19-16(8-5-9-20(19)23)7-3-4-14-24-15-21(25)17-10-12-18(13-11-17)22(26)27/h5,8-13,21,24-25H,2-4,6-7,14-15,23H2,1H3,(H,26,27). The molecular formula is C22H30N2O3. The number of aliphatic hydroxyl groups is 1. The van der Waals surface area contributed by atoms with Gasteiger partial charge in [0.15, 0.2) is 0 Å². The van der Waals surface area contributed by atoms with E-state index in [0.29, 0.717) is 6.54 Å². The largest absolute Gasteiger partial charge is 0.478 e. The number of anilines is 1. The SMILES string of the molecule is CCCc1c(N)cccc1CCCCNCC(O)c1ccc(C(=O)O)cc1. The summed E-state index contributed by atoms with van der Waals surface area (Å²) in [5.74, 6) is -0.962. The average Bonchev–Trinajstić information content (AvgIpc) is 2.66. The summed E-state index contributed by atoms with van der Waals surface area (Å²) in [7, 11) is 0. The first-order chi connectivity index (χ1) is 13.0. The maximum atomic E-state index is 10.9. The summed E-state index contributed by atoms with van der Waals surface area (Å²) in [4.78, 5) is 10.9. The van der Waals surface area contributed by atoms with Gasteiger partial charge in [-0.15, -0.1) is 0 Å². The first-order valence-corrected chi connectivity index (χ1v) is 9.61. The second-order valence-electron chi connectivity index (χ2n) is 6.84. The van der Waals surface area contributed by atoms with Crippen LogP contribution in [0, 0.1) is 0 Å².